The first-order chi connectivity index (χ1) is 15.0. The van der Waals surface area contributed by atoms with Crippen LogP contribution in [0.2, 0.25) is 0 Å². The van der Waals surface area contributed by atoms with Gasteiger partial charge in [0.15, 0.2) is 6.61 Å². The standard InChI is InChI=1S/C22H22F2N2O6/c1-22(2,3)20(30)25-15-6-4-5-14(11-15)19(29)31-12-17(27)26-18(28)13-7-9-16(10-8-13)32-21(23)24/h4-11,21H,12H2,1-3H3,(H,25,30)(H,26,27,28). The third-order valence-electron chi connectivity index (χ3n) is 3.97. The molecule has 8 nitrogen and oxygen atoms in total. The van der Waals surface area contributed by atoms with Crippen molar-refractivity contribution in [2.75, 3.05) is 11.9 Å². The fraction of sp³-hybridized carbons (Fsp3) is 0.273. The summed E-state index contributed by atoms with van der Waals surface area (Å²) < 4.78 is 33.4. The molecule has 0 saturated carbocycles. The maximum absolute atomic E-state index is 12.2. The number of anilines is 1. The number of rotatable bonds is 7. The molecule has 0 aliphatic carbocycles. The van der Waals surface area contributed by atoms with Gasteiger partial charge in [-0.3, -0.25) is 19.7 Å². The van der Waals surface area contributed by atoms with Gasteiger partial charge in [-0.15, -0.1) is 0 Å². The molecular weight excluding hydrogens is 426 g/mol. The van der Waals surface area contributed by atoms with Gasteiger partial charge in [0.05, 0.1) is 5.56 Å². The number of esters is 1. The van der Waals surface area contributed by atoms with Crippen LogP contribution in [0.1, 0.15) is 41.5 Å². The number of benzene rings is 2. The lowest BCUT2D eigenvalue weighted by atomic mass is 9.95. The lowest BCUT2D eigenvalue weighted by Crippen LogP contribution is -2.34. The molecule has 3 amide bonds. The Kier molecular flexibility index (Phi) is 8.00. The summed E-state index contributed by atoms with van der Waals surface area (Å²) in [4.78, 5) is 48.2. The van der Waals surface area contributed by atoms with Crippen LogP contribution in [0.3, 0.4) is 0 Å². The van der Waals surface area contributed by atoms with E-state index in [2.05, 4.69) is 10.1 Å². The zero-order valence-electron chi connectivity index (χ0n) is 17.6. The molecule has 170 valence electrons. The van der Waals surface area contributed by atoms with E-state index in [1.165, 1.54) is 24.3 Å². The average molecular weight is 448 g/mol. The van der Waals surface area contributed by atoms with Gasteiger partial charge in [0, 0.05) is 16.7 Å². The smallest absolute Gasteiger partial charge is 0.387 e. The highest BCUT2D eigenvalue weighted by atomic mass is 19.3. The summed E-state index contributed by atoms with van der Waals surface area (Å²) in [6, 6.07) is 10.7. The van der Waals surface area contributed by atoms with Crippen LogP contribution in [0.5, 0.6) is 5.75 Å². The van der Waals surface area contributed by atoms with Gasteiger partial charge in [-0.2, -0.15) is 8.78 Å². The second kappa shape index (κ2) is 10.5. The molecular formula is C22H22F2N2O6. The molecule has 0 spiro atoms. The molecule has 32 heavy (non-hydrogen) atoms. The minimum Gasteiger partial charge on any atom is -0.452 e. The van der Waals surface area contributed by atoms with Crippen LogP contribution in [0.25, 0.3) is 0 Å². The Morgan fingerprint density at radius 2 is 1.62 bits per heavy atom. The number of hydrogen-bond donors (Lipinski definition) is 2. The number of imide groups is 1. The number of carbonyl (C=O) groups is 4. The third-order valence-corrected chi connectivity index (χ3v) is 3.97. The minimum absolute atomic E-state index is 0.0218. The maximum atomic E-state index is 12.2. The molecule has 0 aliphatic rings. The molecule has 0 radical (unpaired) electrons. The zero-order chi connectivity index (χ0) is 23.9. The SMILES string of the molecule is CC(C)(C)C(=O)Nc1cccc(C(=O)OCC(=O)NC(=O)c2ccc(OC(F)F)cc2)c1. The molecule has 2 aromatic carbocycles. The molecule has 10 heteroatoms. The number of amides is 3. The highest BCUT2D eigenvalue weighted by Crippen LogP contribution is 2.18. The summed E-state index contributed by atoms with van der Waals surface area (Å²) in [7, 11) is 0. The zero-order valence-corrected chi connectivity index (χ0v) is 17.6. The van der Waals surface area contributed by atoms with E-state index in [4.69, 9.17) is 4.74 Å². The number of ether oxygens (including phenoxy) is 2. The van der Waals surface area contributed by atoms with Crippen LogP contribution in [0, 0.1) is 5.41 Å². The predicted octanol–water partition coefficient (Wildman–Crippen LogP) is 3.39. The van der Waals surface area contributed by atoms with Crippen LogP contribution < -0.4 is 15.4 Å². The monoisotopic (exact) mass is 448 g/mol. The minimum atomic E-state index is -3.00. The molecule has 0 aromatic heterocycles. The van der Waals surface area contributed by atoms with Crippen molar-refractivity contribution in [3.63, 3.8) is 0 Å². The van der Waals surface area contributed by atoms with Crippen molar-refractivity contribution in [3.8, 4) is 5.75 Å². The molecule has 0 unspecified atom stereocenters. The van der Waals surface area contributed by atoms with Gasteiger partial charge in [-0.1, -0.05) is 26.8 Å². The normalized spacial score (nSPS) is 10.9. The maximum Gasteiger partial charge on any atom is 0.387 e. The van der Waals surface area contributed by atoms with E-state index in [9.17, 15) is 28.0 Å². The highest BCUT2D eigenvalue weighted by Gasteiger charge is 2.21. The van der Waals surface area contributed by atoms with E-state index in [1.807, 2.05) is 5.32 Å². The molecule has 0 saturated heterocycles. The Morgan fingerprint density at radius 3 is 2.22 bits per heavy atom. The van der Waals surface area contributed by atoms with E-state index < -0.39 is 36.4 Å². The summed E-state index contributed by atoms with van der Waals surface area (Å²) in [6.45, 7) is 1.50. The molecule has 2 N–H and O–H groups in total. The number of hydrogen-bond acceptors (Lipinski definition) is 6. The van der Waals surface area contributed by atoms with Gasteiger partial charge in [-0.05, 0) is 42.5 Å². The van der Waals surface area contributed by atoms with E-state index in [1.54, 1.807) is 32.9 Å². The summed E-state index contributed by atoms with van der Waals surface area (Å²) in [6.07, 6.45) is 0. The number of nitrogens with one attached hydrogen (secondary N) is 2. The van der Waals surface area contributed by atoms with Crippen molar-refractivity contribution in [1.29, 1.82) is 0 Å². The van der Waals surface area contributed by atoms with Crippen LogP contribution in [-0.2, 0) is 14.3 Å². The predicted molar refractivity (Wildman–Crippen MR) is 110 cm³/mol. The molecule has 0 atom stereocenters. The van der Waals surface area contributed by atoms with E-state index in [-0.39, 0.29) is 22.8 Å². The second-order valence-corrected chi connectivity index (χ2v) is 7.64. The number of alkyl halides is 2. The Labute approximate surface area is 182 Å². The Hall–Kier alpha value is -3.82. The number of carbonyl (C=O) groups excluding carboxylic acids is 4. The van der Waals surface area contributed by atoms with Crippen LogP contribution in [0.4, 0.5) is 14.5 Å². The third kappa shape index (κ3) is 7.46. The summed E-state index contributed by atoms with van der Waals surface area (Å²) in [5.41, 5.74) is -0.116. The van der Waals surface area contributed by atoms with Gasteiger partial charge in [0.1, 0.15) is 5.75 Å². The van der Waals surface area contributed by atoms with Crippen LogP contribution >= 0.6 is 0 Å². The topological polar surface area (TPSA) is 111 Å². The van der Waals surface area contributed by atoms with E-state index in [0.717, 1.165) is 12.1 Å². The number of halogens is 2. The van der Waals surface area contributed by atoms with Crippen molar-refractivity contribution in [2.45, 2.75) is 27.4 Å². The van der Waals surface area contributed by atoms with Crippen molar-refractivity contribution in [2.24, 2.45) is 5.41 Å². The Morgan fingerprint density at radius 1 is 0.969 bits per heavy atom. The summed E-state index contributed by atoms with van der Waals surface area (Å²) in [5, 5.41) is 4.70. The first-order valence-corrected chi connectivity index (χ1v) is 9.43. The molecule has 0 heterocycles. The largest absolute Gasteiger partial charge is 0.452 e. The van der Waals surface area contributed by atoms with E-state index in [0.29, 0.717) is 5.69 Å². The van der Waals surface area contributed by atoms with Gasteiger partial charge in [0.2, 0.25) is 5.91 Å². The lowest BCUT2D eigenvalue weighted by molar-refractivity contribution is -0.123. The van der Waals surface area contributed by atoms with Gasteiger partial charge in [-0.25, -0.2) is 4.79 Å². The van der Waals surface area contributed by atoms with Gasteiger partial charge < -0.3 is 14.8 Å². The fourth-order valence-electron chi connectivity index (χ4n) is 2.28. The molecule has 2 aromatic rings. The highest BCUT2D eigenvalue weighted by molar-refractivity contribution is 6.05. The molecule has 0 bridgehead atoms. The van der Waals surface area contributed by atoms with Crippen LogP contribution in [-0.4, -0.2) is 36.9 Å². The van der Waals surface area contributed by atoms with Crippen molar-refractivity contribution < 1.29 is 37.4 Å². The van der Waals surface area contributed by atoms with Gasteiger partial charge in [0.25, 0.3) is 11.8 Å². The second-order valence-electron chi connectivity index (χ2n) is 7.64. The van der Waals surface area contributed by atoms with Crippen molar-refractivity contribution in [3.05, 3.63) is 59.7 Å². The Balaban J connectivity index is 1.88. The fourth-order valence-corrected chi connectivity index (χ4v) is 2.28. The summed E-state index contributed by atoms with van der Waals surface area (Å²) >= 11 is 0. The first kappa shape index (κ1) is 24.4. The lowest BCUT2D eigenvalue weighted by Gasteiger charge is -2.17. The van der Waals surface area contributed by atoms with E-state index >= 15 is 0 Å². The van der Waals surface area contributed by atoms with Crippen LogP contribution in [0.15, 0.2) is 48.5 Å². The van der Waals surface area contributed by atoms with Crippen molar-refractivity contribution >= 4 is 29.4 Å². The molecule has 2 rings (SSSR count). The first-order valence-electron chi connectivity index (χ1n) is 9.43. The Bertz CT molecular complexity index is 1000. The molecule has 0 aliphatic heterocycles. The van der Waals surface area contributed by atoms with Crippen molar-refractivity contribution in [1.82, 2.24) is 5.32 Å². The van der Waals surface area contributed by atoms with Gasteiger partial charge >= 0.3 is 12.6 Å². The summed E-state index contributed by atoms with van der Waals surface area (Å²) in [5.74, 6) is -2.89. The molecule has 0 fully saturated rings. The average Bonchev–Trinajstić information content (AvgIpc) is 2.71. The quantitative estimate of drug-likeness (QED) is 0.629.